The number of anilines is 1. The molecule has 5 nitrogen and oxygen atoms in total. The summed E-state index contributed by atoms with van der Waals surface area (Å²) in [7, 11) is 1.55. The van der Waals surface area contributed by atoms with E-state index in [9.17, 15) is 15.2 Å². The molecule has 1 heterocycles. The van der Waals surface area contributed by atoms with Crippen LogP contribution in [0.15, 0.2) is 18.2 Å². The van der Waals surface area contributed by atoms with Gasteiger partial charge in [0, 0.05) is 12.6 Å². The number of ether oxygens (including phenoxy) is 1. The number of nitrogens with zero attached hydrogens (tertiary/aromatic N) is 2. The quantitative estimate of drug-likeness (QED) is 0.912. The lowest BCUT2D eigenvalue weighted by Crippen LogP contribution is -2.50. The standard InChI is InChI=1S/C15H18N2O3/c1-3-15(14(18)19)7-4-8-17(15)13-9-12(20-2)6-5-11(13)10-16/h5-6,9H,3-4,7-8H2,1-2H3,(H,18,19). The van der Waals surface area contributed by atoms with Gasteiger partial charge in [0.1, 0.15) is 17.4 Å². The second kappa shape index (κ2) is 5.41. The molecule has 1 aliphatic heterocycles. The van der Waals surface area contributed by atoms with Crippen LogP contribution < -0.4 is 9.64 Å². The lowest BCUT2D eigenvalue weighted by atomic mass is 9.92. The summed E-state index contributed by atoms with van der Waals surface area (Å²) in [6.07, 6.45) is 1.91. The van der Waals surface area contributed by atoms with E-state index in [0.717, 1.165) is 6.42 Å². The summed E-state index contributed by atoms with van der Waals surface area (Å²) in [6.45, 7) is 2.51. The summed E-state index contributed by atoms with van der Waals surface area (Å²) in [5.74, 6) is -0.203. The van der Waals surface area contributed by atoms with Gasteiger partial charge in [0.05, 0.1) is 18.4 Å². The monoisotopic (exact) mass is 274 g/mol. The van der Waals surface area contributed by atoms with Crippen LogP contribution in [0.4, 0.5) is 5.69 Å². The number of hydrogen-bond donors (Lipinski definition) is 1. The third-order valence-corrected chi connectivity index (χ3v) is 4.09. The number of carboxylic acid groups (broad SMARTS) is 1. The molecule has 1 aliphatic rings. The second-order valence-corrected chi connectivity index (χ2v) is 4.94. The zero-order chi connectivity index (χ0) is 14.8. The molecule has 1 unspecified atom stereocenters. The number of aliphatic carboxylic acids is 1. The summed E-state index contributed by atoms with van der Waals surface area (Å²) < 4.78 is 5.19. The van der Waals surface area contributed by atoms with Crippen LogP contribution in [0.2, 0.25) is 0 Å². The molecule has 1 fully saturated rings. The second-order valence-electron chi connectivity index (χ2n) is 4.94. The highest BCUT2D eigenvalue weighted by Gasteiger charge is 2.47. The van der Waals surface area contributed by atoms with Crippen molar-refractivity contribution >= 4 is 11.7 Å². The molecule has 1 N–H and O–H groups in total. The third kappa shape index (κ3) is 2.07. The zero-order valence-electron chi connectivity index (χ0n) is 11.7. The van der Waals surface area contributed by atoms with Gasteiger partial charge in [-0.1, -0.05) is 6.92 Å². The van der Waals surface area contributed by atoms with E-state index in [1.165, 1.54) is 0 Å². The van der Waals surface area contributed by atoms with E-state index in [-0.39, 0.29) is 0 Å². The Bertz CT molecular complexity index is 565. The van der Waals surface area contributed by atoms with Gasteiger partial charge in [0.2, 0.25) is 0 Å². The Hall–Kier alpha value is -2.22. The Morgan fingerprint density at radius 2 is 2.35 bits per heavy atom. The molecule has 106 valence electrons. The molecule has 0 aromatic heterocycles. The zero-order valence-corrected chi connectivity index (χ0v) is 11.7. The Kier molecular flexibility index (Phi) is 3.84. The predicted octanol–water partition coefficient (Wildman–Crippen LogP) is 2.40. The van der Waals surface area contributed by atoms with Crippen molar-refractivity contribution in [1.29, 1.82) is 5.26 Å². The largest absolute Gasteiger partial charge is 0.497 e. The Morgan fingerprint density at radius 1 is 1.60 bits per heavy atom. The average Bonchev–Trinajstić information content (AvgIpc) is 2.91. The van der Waals surface area contributed by atoms with Gasteiger partial charge in [0.25, 0.3) is 0 Å². The third-order valence-electron chi connectivity index (χ3n) is 4.09. The molecule has 0 spiro atoms. The van der Waals surface area contributed by atoms with E-state index in [0.29, 0.717) is 36.4 Å². The van der Waals surface area contributed by atoms with Crippen molar-refractivity contribution in [3.8, 4) is 11.8 Å². The molecule has 5 heteroatoms. The van der Waals surface area contributed by atoms with Crippen LogP contribution in [-0.4, -0.2) is 30.3 Å². The van der Waals surface area contributed by atoms with Crippen molar-refractivity contribution < 1.29 is 14.6 Å². The van der Waals surface area contributed by atoms with Crippen LogP contribution in [0.1, 0.15) is 31.7 Å². The lowest BCUT2D eigenvalue weighted by Gasteiger charge is -2.36. The van der Waals surface area contributed by atoms with Gasteiger partial charge >= 0.3 is 5.97 Å². The fourth-order valence-electron chi connectivity index (χ4n) is 2.93. The molecular formula is C15H18N2O3. The Morgan fingerprint density at radius 3 is 2.90 bits per heavy atom. The van der Waals surface area contributed by atoms with Crippen molar-refractivity contribution in [2.45, 2.75) is 31.7 Å². The molecular weight excluding hydrogens is 256 g/mol. The summed E-state index contributed by atoms with van der Waals surface area (Å²) >= 11 is 0. The molecule has 0 radical (unpaired) electrons. The van der Waals surface area contributed by atoms with Gasteiger partial charge in [-0.25, -0.2) is 4.79 Å². The van der Waals surface area contributed by atoms with Crippen molar-refractivity contribution in [3.05, 3.63) is 23.8 Å². The van der Waals surface area contributed by atoms with E-state index in [1.807, 2.05) is 11.8 Å². The number of methoxy groups -OCH3 is 1. The molecule has 1 aromatic carbocycles. The molecule has 2 rings (SSSR count). The van der Waals surface area contributed by atoms with Crippen LogP contribution in [0.25, 0.3) is 0 Å². The van der Waals surface area contributed by atoms with E-state index in [4.69, 9.17) is 4.74 Å². The first kappa shape index (κ1) is 14.2. The van der Waals surface area contributed by atoms with Gasteiger partial charge in [-0.05, 0) is 31.4 Å². The molecule has 0 saturated carbocycles. The Labute approximate surface area is 118 Å². The smallest absolute Gasteiger partial charge is 0.329 e. The van der Waals surface area contributed by atoms with Crippen LogP contribution in [0, 0.1) is 11.3 Å². The van der Waals surface area contributed by atoms with E-state index < -0.39 is 11.5 Å². The first-order valence-corrected chi connectivity index (χ1v) is 6.68. The Balaban J connectivity index is 2.54. The number of nitriles is 1. The van der Waals surface area contributed by atoms with Gasteiger partial charge < -0.3 is 14.7 Å². The van der Waals surface area contributed by atoms with Gasteiger partial charge in [-0.3, -0.25) is 0 Å². The van der Waals surface area contributed by atoms with Gasteiger partial charge in [0.15, 0.2) is 0 Å². The van der Waals surface area contributed by atoms with Gasteiger partial charge in [-0.15, -0.1) is 0 Å². The number of benzene rings is 1. The molecule has 1 aromatic rings. The highest BCUT2D eigenvalue weighted by atomic mass is 16.5. The maximum atomic E-state index is 11.7. The summed E-state index contributed by atoms with van der Waals surface area (Å²) in [5, 5.41) is 18.9. The lowest BCUT2D eigenvalue weighted by molar-refractivity contribution is -0.143. The first-order valence-electron chi connectivity index (χ1n) is 6.68. The van der Waals surface area contributed by atoms with Crippen molar-refractivity contribution in [3.63, 3.8) is 0 Å². The maximum absolute atomic E-state index is 11.7. The molecule has 1 saturated heterocycles. The minimum absolute atomic E-state index is 0.478. The predicted molar refractivity (Wildman–Crippen MR) is 74.9 cm³/mol. The fourth-order valence-corrected chi connectivity index (χ4v) is 2.93. The number of carbonyl (C=O) groups is 1. The van der Waals surface area contributed by atoms with E-state index in [2.05, 4.69) is 6.07 Å². The molecule has 1 atom stereocenters. The molecule has 20 heavy (non-hydrogen) atoms. The molecule has 0 aliphatic carbocycles. The average molecular weight is 274 g/mol. The van der Waals surface area contributed by atoms with E-state index in [1.54, 1.807) is 25.3 Å². The SMILES string of the molecule is CCC1(C(=O)O)CCCN1c1cc(OC)ccc1C#N. The number of carboxylic acids is 1. The maximum Gasteiger partial charge on any atom is 0.329 e. The van der Waals surface area contributed by atoms with Crippen LogP contribution in [-0.2, 0) is 4.79 Å². The first-order chi connectivity index (χ1) is 9.58. The highest BCUT2D eigenvalue weighted by Crippen LogP contribution is 2.39. The minimum atomic E-state index is -0.919. The summed E-state index contributed by atoms with van der Waals surface area (Å²) in [5.41, 5.74) is 0.207. The topological polar surface area (TPSA) is 73.6 Å². The summed E-state index contributed by atoms with van der Waals surface area (Å²) in [6, 6.07) is 7.27. The van der Waals surface area contributed by atoms with Crippen molar-refractivity contribution in [2.24, 2.45) is 0 Å². The fraction of sp³-hybridized carbons (Fsp3) is 0.467. The van der Waals surface area contributed by atoms with Crippen LogP contribution >= 0.6 is 0 Å². The van der Waals surface area contributed by atoms with Crippen LogP contribution in [0.3, 0.4) is 0 Å². The van der Waals surface area contributed by atoms with E-state index >= 15 is 0 Å². The van der Waals surface area contributed by atoms with Crippen LogP contribution in [0.5, 0.6) is 5.75 Å². The van der Waals surface area contributed by atoms with Crippen molar-refractivity contribution in [1.82, 2.24) is 0 Å². The molecule has 0 amide bonds. The summed E-state index contributed by atoms with van der Waals surface area (Å²) in [4.78, 5) is 13.6. The van der Waals surface area contributed by atoms with Crippen molar-refractivity contribution in [2.75, 3.05) is 18.6 Å². The number of rotatable bonds is 4. The minimum Gasteiger partial charge on any atom is -0.497 e. The highest BCUT2D eigenvalue weighted by molar-refractivity contribution is 5.85. The molecule has 0 bridgehead atoms. The number of hydrogen-bond acceptors (Lipinski definition) is 4. The normalized spacial score (nSPS) is 21.6. The van der Waals surface area contributed by atoms with Gasteiger partial charge in [-0.2, -0.15) is 5.26 Å².